The largest absolute Gasteiger partial charge is 0.480 e. The molecule has 0 bridgehead atoms. The van der Waals surface area contributed by atoms with Crippen LogP contribution in [0, 0.1) is 0 Å². The second-order valence-corrected chi connectivity index (χ2v) is 18.3. The van der Waals surface area contributed by atoms with Gasteiger partial charge in [-0.15, -0.1) is 0 Å². The molecule has 0 spiro atoms. The molecule has 1 saturated carbocycles. The fourth-order valence-electron chi connectivity index (χ4n) is 9.76. The number of hydrogen-bond acceptors (Lipinski definition) is 13. The Kier molecular flexibility index (Phi) is 12.3. The lowest BCUT2D eigenvalue weighted by Crippen LogP contribution is -2.54. The molecule has 2 aromatic heterocycles. The molecular weight excluding hydrogens is 840 g/mol. The van der Waals surface area contributed by atoms with Gasteiger partial charge >= 0.3 is 0 Å². The van der Waals surface area contributed by atoms with Crippen molar-refractivity contribution in [2.45, 2.75) is 115 Å². The van der Waals surface area contributed by atoms with Crippen molar-refractivity contribution in [3.63, 3.8) is 0 Å². The first kappa shape index (κ1) is 43.5. The van der Waals surface area contributed by atoms with Crippen molar-refractivity contribution in [2.75, 3.05) is 43.0 Å². The van der Waals surface area contributed by atoms with Crippen molar-refractivity contribution in [3.05, 3.63) is 80.7 Å². The number of carbonyl (C=O) groups excluding carboxylic acids is 5. The monoisotopic (exact) mass is 892 g/mol. The van der Waals surface area contributed by atoms with Crippen molar-refractivity contribution < 1.29 is 33.4 Å². The Bertz CT molecular complexity index is 2580. The molecule has 336 valence electrons. The molecule has 64 heavy (non-hydrogen) atoms. The molecular formula is C47H53ClN8O8. The molecule has 1 unspecified atom stereocenters. The van der Waals surface area contributed by atoms with Crippen molar-refractivity contribution >= 4 is 69.4 Å². The molecule has 9 rings (SSSR count). The highest BCUT2D eigenvalue weighted by Crippen LogP contribution is 2.38. The first-order chi connectivity index (χ1) is 30.8. The average Bonchev–Trinajstić information content (AvgIpc) is 3.52. The maximum Gasteiger partial charge on any atom is 0.293 e. The number of piperidine rings is 3. The molecule has 17 heteroatoms. The predicted molar refractivity (Wildman–Crippen MR) is 240 cm³/mol. The Morgan fingerprint density at radius 3 is 2.38 bits per heavy atom. The van der Waals surface area contributed by atoms with Crippen LogP contribution in [0.4, 0.5) is 17.5 Å². The Morgan fingerprint density at radius 1 is 0.906 bits per heavy atom. The molecule has 4 aliphatic heterocycles. The average molecular weight is 893 g/mol. The van der Waals surface area contributed by atoms with Gasteiger partial charge in [-0.05, 0) is 120 Å². The molecule has 2 N–H and O–H groups in total. The topological polar surface area (TPSA) is 185 Å². The summed E-state index contributed by atoms with van der Waals surface area (Å²) in [5, 5.41) is 6.73. The van der Waals surface area contributed by atoms with E-state index in [9.17, 15) is 28.8 Å². The second-order valence-electron chi connectivity index (χ2n) is 17.9. The zero-order chi connectivity index (χ0) is 44.8. The third-order valence-corrected chi connectivity index (χ3v) is 13.7. The quantitative estimate of drug-likeness (QED) is 0.151. The maximum atomic E-state index is 13.4. The Hall–Kier alpha value is -5.71. The Morgan fingerprint density at radius 2 is 1.66 bits per heavy atom. The summed E-state index contributed by atoms with van der Waals surface area (Å²) in [7, 11) is 0. The highest BCUT2D eigenvalue weighted by Gasteiger charge is 2.45. The minimum atomic E-state index is -0.969. The SMILES string of the molecule is CCC(=O)COc1cc2cc(Nc3nc(N4CCC(OC5CC(N6CCC(c7ccc8c(c7)C(=O)N(C7CCC(=O)NC7=O)C8=O)CC6)C5)CC4)ncc3Cl)ccc2n(C(C)C)c1=O. The number of likely N-dealkylation sites (tertiary alicyclic amines) is 1. The van der Waals surface area contributed by atoms with Gasteiger partial charge in [0.25, 0.3) is 17.4 Å². The van der Waals surface area contributed by atoms with Gasteiger partial charge in [-0.25, -0.2) is 4.98 Å². The molecule has 16 nitrogen and oxygen atoms in total. The highest BCUT2D eigenvalue weighted by molar-refractivity contribution is 6.33. The second kappa shape index (κ2) is 18.0. The minimum absolute atomic E-state index is 0.0870. The highest BCUT2D eigenvalue weighted by atomic mass is 35.5. The zero-order valence-corrected chi connectivity index (χ0v) is 37.1. The van der Waals surface area contributed by atoms with Crippen molar-refractivity contribution in [2.24, 2.45) is 0 Å². The van der Waals surface area contributed by atoms with Crippen molar-refractivity contribution in [3.8, 4) is 5.75 Å². The molecule has 3 saturated heterocycles. The zero-order valence-electron chi connectivity index (χ0n) is 36.3. The summed E-state index contributed by atoms with van der Waals surface area (Å²) in [4.78, 5) is 91.0. The molecule has 2 aromatic carbocycles. The van der Waals surface area contributed by atoms with Crippen LogP contribution in [0.3, 0.4) is 0 Å². The van der Waals surface area contributed by atoms with Crippen LogP contribution in [-0.4, -0.2) is 111 Å². The van der Waals surface area contributed by atoms with Crippen LogP contribution in [0.15, 0.2) is 53.5 Å². The van der Waals surface area contributed by atoms with E-state index in [1.54, 1.807) is 29.8 Å². The molecule has 5 aliphatic rings. The number of hydrogen-bond donors (Lipinski definition) is 2. The van der Waals surface area contributed by atoms with Gasteiger partial charge in [-0.2, -0.15) is 4.98 Å². The first-order valence-electron chi connectivity index (χ1n) is 22.5. The smallest absolute Gasteiger partial charge is 0.293 e. The first-order valence-corrected chi connectivity index (χ1v) is 22.9. The predicted octanol–water partition coefficient (Wildman–Crippen LogP) is 5.92. The summed E-state index contributed by atoms with van der Waals surface area (Å²) >= 11 is 6.60. The van der Waals surface area contributed by atoms with Gasteiger partial charge < -0.3 is 29.2 Å². The Labute approximate surface area is 375 Å². The normalized spacial score (nSPS) is 22.2. The van der Waals surface area contributed by atoms with E-state index in [1.165, 1.54) is 0 Å². The van der Waals surface area contributed by atoms with Crippen LogP contribution in [0.25, 0.3) is 10.9 Å². The van der Waals surface area contributed by atoms with Crippen LogP contribution < -0.4 is 25.8 Å². The van der Waals surface area contributed by atoms with Crippen molar-refractivity contribution in [1.29, 1.82) is 0 Å². The molecule has 1 atom stereocenters. The van der Waals surface area contributed by atoms with E-state index < -0.39 is 29.7 Å². The number of aromatic nitrogens is 3. The van der Waals surface area contributed by atoms with Crippen LogP contribution in [0.1, 0.15) is 117 Å². The van der Waals surface area contributed by atoms with Gasteiger partial charge in [-0.3, -0.25) is 39.0 Å². The molecule has 4 amide bonds. The molecule has 1 aliphatic carbocycles. The summed E-state index contributed by atoms with van der Waals surface area (Å²) in [5.41, 5.74) is 2.87. The van der Waals surface area contributed by atoms with E-state index >= 15 is 0 Å². The third kappa shape index (κ3) is 8.62. The third-order valence-electron chi connectivity index (χ3n) is 13.5. The van der Waals surface area contributed by atoms with Crippen LogP contribution in [0.2, 0.25) is 5.02 Å². The van der Waals surface area contributed by atoms with Crippen LogP contribution in [-0.2, 0) is 19.1 Å². The number of benzene rings is 2. The van der Waals surface area contributed by atoms with E-state index in [0.29, 0.717) is 40.4 Å². The lowest BCUT2D eigenvalue weighted by molar-refractivity contribution is -0.136. The van der Waals surface area contributed by atoms with E-state index in [2.05, 4.69) is 25.4 Å². The summed E-state index contributed by atoms with van der Waals surface area (Å²) in [6, 6.07) is 12.2. The number of nitrogens with zero attached hydrogens (tertiary/aromatic N) is 6. The van der Waals surface area contributed by atoms with Gasteiger partial charge in [0.2, 0.25) is 17.8 Å². The number of ketones is 1. The van der Waals surface area contributed by atoms with E-state index in [-0.39, 0.29) is 60.7 Å². The van der Waals surface area contributed by atoms with Crippen LogP contribution >= 0.6 is 11.6 Å². The number of Topliss-reactive ketones (excluding diaryl/α,β-unsaturated/α-hetero) is 1. The number of ether oxygens (including phenoxy) is 2. The van der Waals surface area contributed by atoms with E-state index in [1.807, 2.05) is 44.2 Å². The van der Waals surface area contributed by atoms with E-state index in [4.69, 9.17) is 26.1 Å². The van der Waals surface area contributed by atoms with Gasteiger partial charge in [0.05, 0.1) is 35.0 Å². The summed E-state index contributed by atoms with van der Waals surface area (Å²) in [6.07, 6.45) is 8.18. The van der Waals surface area contributed by atoms with Gasteiger partial charge in [0.1, 0.15) is 17.7 Å². The Balaban J connectivity index is 0.745. The number of amides is 4. The lowest BCUT2D eigenvalue weighted by Gasteiger charge is -2.47. The fraction of sp³-hybridized carbons (Fsp3) is 0.489. The molecule has 4 fully saturated rings. The van der Waals surface area contributed by atoms with Gasteiger partial charge in [0, 0.05) is 49.1 Å². The number of rotatable bonds is 13. The van der Waals surface area contributed by atoms with Gasteiger partial charge in [0.15, 0.2) is 17.4 Å². The number of fused-ring (bicyclic) bond motifs is 2. The fourth-order valence-corrected chi connectivity index (χ4v) is 9.90. The summed E-state index contributed by atoms with van der Waals surface area (Å²) in [5.74, 6) is -0.583. The van der Waals surface area contributed by atoms with Gasteiger partial charge in [-0.1, -0.05) is 24.6 Å². The molecule has 6 heterocycles. The summed E-state index contributed by atoms with van der Waals surface area (Å²) in [6.45, 7) is 8.86. The number of anilines is 3. The summed E-state index contributed by atoms with van der Waals surface area (Å²) < 4.78 is 13.9. The molecule has 4 aromatic rings. The number of imide groups is 2. The number of pyridine rings is 1. The van der Waals surface area contributed by atoms with E-state index in [0.717, 1.165) is 91.8 Å². The number of nitrogens with one attached hydrogen (secondary N) is 2. The lowest BCUT2D eigenvalue weighted by atomic mass is 9.83. The number of halogens is 1. The van der Waals surface area contributed by atoms with Crippen LogP contribution in [0.5, 0.6) is 5.75 Å². The number of carbonyl (C=O) groups is 5. The molecule has 0 radical (unpaired) electrons. The maximum absolute atomic E-state index is 13.4. The van der Waals surface area contributed by atoms with Crippen molar-refractivity contribution in [1.82, 2.24) is 29.7 Å². The standard InChI is InChI=1S/C47H53ClN8O8/c1-4-32(57)25-63-40-21-29-19-30(6-8-38(29)55(26(2)3)46(40)62)50-42-37(48)24-49-47(52-42)54-17-13-33(14-18-54)64-34-22-31(23-34)53-15-11-27(12-16-53)28-5-7-35-36(20-28)45(61)56(44(35)60)39-9-10-41(58)51-43(39)59/h5-8,19-21,24,26-27,31,33-34,39H,4,9-18,22-23,25H2,1-3H3,(H,49,50,52)(H,51,58,59). The minimum Gasteiger partial charge on any atom is -0.480 e.